The monoisotopic (exact) mass is 268 g/mol. The zero-order chi connectivity index (χ0) is 14.4. The summed E-state index contributed by atoms with van der Waals surface area (Å²) >= 11 is 0. The maximum atomic E-state index is 5.73. The van der Waals surface area contributed by atoms with E-state index in [1.165, 1.54) is 0 Å². The van der Waals surface area contributed by atoms with Crippen molar-refractivity contribution in [2.45, 2.75) is 6.92 Å². The maximum absolute atomic E-state index is 5.73. The summed E-state index contributed by atoms with van der Waals surface area (Å²) in [6.07, 6.45) is 3.55. The molecule has 104 valence electrons. The second kappa shape index (κ2) is 6.61. The van der Waals surface area contributed by atoms with Gasteiger partial charge in [-0.25, -0.2) is 0 Å². The lowest BCUT2D eigenvalue weighted by Crippen LogP contribution is -2.20. The van der Waals surface area contributed by atoms with E-state index in [9.17, 15) is 0 Å². The van der Waals surface area contributed by atoms with E-state index < -0.39 is 0 Å². The third kappa shape index (κ3) is 3.75. The molecule has 1 heterocycles. The fourth-order valence-electron chi connectivity index (χ4n) is 1.94. The Morgan fingerprint density at radius 2 is 2.15 bits per heavy atom. The number of benzene rings is 1. The molecule has 2 aromatic rings. The van der Waals surface area contributed by atoms with Crippen LogP contribution in [0.5, 0.6) is 0 Å². The van der Waals surface area contributed by atoms with Crippen LogP contribution in [-0.4, -0.2) is 18.1 Å². The topological polar surface area (TPSA) is 63.0 Å². The van der Waals surface area contributed by atoms with E-state index in [1.807, 2.05) is 37.3 Å². The van der Waals surface area contributed by atoms with Crippen molar-refractivity contribution in [2.24, 2.45) is 0 Å². The molecule has 4 nitrogen and oxygen atoms in total. The Kier molecular flexibility index (Phi) is 4.60. The van der Waals surface area contributed by atoms with Gasteiger partial charge in [0.1, 0.15) is 0 Å². The molecule has 0 amide bonds. The minimum absolute atomic E-state index is 0.788. The van der Waals surface area contributed by atoms with E-state index in [1.54, 1.807) is 12.4 Å². The molecular weight excluding hydrogens is 248 g/mol. The lowest BCUT2D eigenvalue weighted by atomic mass is 10.2. The van der Waals surface area contributed by atoms with E-state index in [4.69, 9.17) is 5.73 Å². The normalized spacial score (nSPS) is 10.1. The average Bonchev–Trinajstić information content (AvgIpc) is 2.46. The first-order valence-electron chi connectivity index (χ1n) is 6.60. The van der Waals surface area contributed by atoms with Gasteiger partial charge in [0.05, 0.1) is 0 Å². The number of anilines is 2. The van der Waals surface area contributed by atoms with E-state index in [-0.39, 0.29) is 0 Å². The highest BCUT2D eigenvalue weighted by Crippen LogP contribution is 2.17. The van der Waals surface area contributed by atoms with Crippen LogP contribution in [0.3, 0.4) is 0 Å². The summed E-state index contributed by atoms with van der Waals surface area (Å²) in [5.41, 5.74) is 10.7. The minimum Gasteiger partial charge on any atom is -0.399 e. The Bertz CT molecular complexity index is 578. The first kappa shape index (κ1) is 13.9. The summed E-state index contributed by atoms with van der Waals surface area (Å²) in [5.74, 6) is 0. The quantitative estimate of drug-likeness (QED) is 0.557. The van der Waals surface area contributed by atoms with Gasteiger partial charge in [0.25, 0.3) is 0 Å². The zero-order valence-electron chi connectivity index (χ0n) is 11.7. The van der Waals surface area contributed by atoms with Crippen LogP contribution < -0.4 is 16.4 Å². The molecule has 0 saturated heterocycles. The van der Waals surface area contributed by atoms with E-state index in [0.717, 1.165) is 41.3 Å². The summed E-state index contributed by atoms with van der Waals surface area (Å²) in [5, 5.41) is 6.65. The van der Waals surface area contributed by atoms with Gasteiger partial charge < -0.3 is 16.4 Å². The van der Waals surface area contributed by atoms with Gasteiger partial charge in [-0.2, -0.15) is 0 Å². The van der Waals surface area contributed by atoms with E-state index >= 15 is 0 Å². The smallest absolute Gasteiger partial charge is 0.0372 e. The molecule has 0 unspecified atom stereocenters. The number of aryl methyl sites for hydroxylation is 1. The standard InChI is InChI=1S/C16H20N4/c1-12-10-15(17)5-6-16(12)20-9-8-19-13(2)14-4-3-7-18-11-14/h3-7,10-11,19-20H,2,8-9,17H2,1H3. The summed E-state index contributed by atoms with van der Waals surface area (Å²) < 4.78 is 0. The molecule has 0 atom stereocenters. The van der Waals surface area contributed by atoms with Gasteiger partial charge in [-0.05, 0) is 42.8 Å². The lowest BCUT2D eigenvalue weighted by molar-refractivity contribution is 0.886. The number of nitrogens with two attached hydrogens (primary N) is 1. The lowest BCUT2D eigenvalue weighted by Gasteiger charge is -2.12. The molecule has 4 heteroatoms. The van der Waals surface area contributed by atoms with Crippen LogP contribution in [0.1, 0.15) is 11.1 Å². The van der Waals surface area contributed by atoms with Crippen LogP contribution in [0.4, 0.5) is 11.4 Å². The van der Waals surface area contributed by atoms with Gasteiger partial charge in [0.15, 0.2) is 0 Å². The predicted octanol–water partition coefficient (Wildman–Crippen LogP) is 2.64. The van der Waals surface area contributed by atoms with Crippen molar-refractivity contribution in [2.75, 3.05) is 24.1 Å². The Morgan fingerprint density at radius 1 is 1.30 bits per heavy atom. The average molecular weight is 268 g/mol. The molecule has 1 aromatic carbocycles. The summed E-state index contributed by atoms with van der Waals surface area (Å²) in [6, 6.07) is 9.75. The fraction of sp³-hybridized carbons (Fsp3) is 0.188. The second-order valence-corrected chi connectivity index (χ2v) is 4.65. The Morgan fingerprint density at radius 3 is 2.85 bits per heavy atom. The molecule has 0 aliphatic carbocycles. The molecule has 0 radical (unpaired) electrons. The second-order valence-electron chi connectivity index (χ2n) is 4.65. The van der Waals surface area contributed by atoms with E-state index in [2.05, 4.69) is 22.2 Å². The maximum Gasteiger partial charge on any atom is 0.0372 e. The van der Waals surface area contributed by atoms with Crippen molar-refractivity contribution >= 4 is 17.1 Å². The van der Waals surface area contributed by atoms with Crippen molar-refractivity contribution in [3.63, 3.8) is 0 Å². The van der Waals surface area contributed by atoms with Crippen molar-refractivity contribution in [3.05, 3.63) is 60.4 Å². The third-order valence-electron chi connectivity index (χ3n) is 3.04. The van der Waals surface area contributed by atoms with Gasteiger partial charge in [-0.3, -0.25) is 4.98 Å². The summed E-state index contributed by atoms with van der Waals surface area (Å²) in [7, 11) is 0. The number of pyridine rings is 1. The van der Waals surface area contributed by atoms with Gasteiger partial charge in [0.2, 0.25) is 0 Å². The van der Waals surface area contributed by atoms with Crippen LogP contribution in [-0.2, 0) is 0 Å². The van der Waals surface area contributed by atoms with Crippen molar-refractivity contribution in [1.82, 2.24) is 10.3 Å². The van der Waals surface area contributed by atoms with Crippen molar-refractivity contribution in [3.8, 4) is 0 Å². The molecule has 0 aliphatic rings. The molecular formula is C16H20N4. The molecule has 0 fully saturated rings. The minimum atomic E-state index is 0.788. The Labute approximate surface area is 119 Å². The molecule has 0 spiro atoms. The molecule has 0 aliphatic heterocycles. The highest BCUT2D eigenvalue weighted by Gasteiger charge is 1.99. The van der Waals surface area contributed by atoms with Gasteiger partial charge >= 0.3 is 0 Å². The van der Waals surface area contributed by atoms with E-state index in [0.29, 0.717) is 0 Å². The third-order valence-corrected chi connectivity index (χ3v) is 3.04. The molecule has 1 aromatic heterocycles. The number of rotatable bonds is 6. The van der Waals surface area contributed by atoms with Crippen molar-refractivity contribution < 1.29 is 0 Å². The summed E-state index contributed by atoms with van der Waals surface area (Å²) in [6.45, 7) is 7.64. The number of nitrogens with zero attached hydrogens (tertiary/aromatic N) is 1. The van der Waals surface area contributed by atoms with Crippen LogP contribution in [0, 0.1) is 6.92 Å². The Balaban J connectivity index is 1.78. The largest absolute Gasteiger partial charge is 0.399 e. The van der Waals surface area contributed by atoms with Crippen molar-refractivity contribution in [1.29, 1.82) is 0 Å². The van der Waals surface area contributed by atoms with Crippen LogP contribution >= 0.6 is 0 Å². The first-order valence-corrected chi connectivity index (χ1v) is 6.60. The van der Waals surface area contributed by atoms with Crippen LogP contribution in [0.2, 0.25) is 0 Å². The van der Waals surface area contributed by atoms with Crippen LogP contribution in [0.15, 0.2) is 49.3 Å². The molecule has 0 bridgehead atoms. The first-order chi connectivity index (χ1) is 9.66. The molecule has 4 N–H and O–H groups in total. The van der Waals surface area contributed by atoms with Gasteiger partial charge in [0, 0.05) is 48.1 Å². The zero-order valence-corrected chi connectivity index (χ0v) is 11.7. The SMILES string of the molecule is C=C(NCCNc1ccc(N)cc1C)c1cccnc1. The number of aromatic nitrogens is 1. The fourth-order valence-corrected chi connectivity index (χ4v) is 1.94. The summed E-state index contributed by atoms with van der Waals surface area (Å²) in [4.78, 5) is 4.07. The van der Waals surface area contributed by atoms with Gasteiger partial charge in [-0.1, -0.05) is 6.58 Å². The number of hydrogen-bond acceptors (Lipinski definition) is 4. The highest BCUT2D eigenvalue weighted by atomic mass is 15.0. The van der Waals surface area contributed by atoms with Gasteiger partial charge in [-0.15, -0.1) is 0 Å². The molecule has 2 rings (SSSR count). The van der Waals surface area contributed by atoms with Crippen LogP contribution in [0.25, 0.3) is 5.70 Å². The number of nitrogens with one attached hydrogen (secondary N) is 2. The number of hydrogen-bond donors (Lipinski definition) is 3. The Hall–Kier alpha value is -2.49. The molecule has 20 heavy (non-hydrogen) atoms. The molecule has 0 saturated carbocycles. The predicted molar refractivity (Wildman–Crippen MR) is 85.4 cm³/mol. The highest BCUT2D eigenvalue weighted by molar-refractivity contribution is 5.60. The number of nitrogen functional groups attached to an aromatic ring is 1.